The summed E-state index contributed by atoms with van der Waals surface area (Å²) in [5, 5.41) is 2.53. The van der Waals surface area contributed by atoms with E-state index in [0.717, 1.165) is 4.31 Å². The highest BCUT2D eigenvalue weighted by Gasteiger charge is 2.36. The number of furan rings is 1. The summed E-state index contributed by atoms with van der Waals surface area (Å²) in [6.45, 7) is 1.47. The Morgan fingerprint density at radius 3 is 2.66 bits per heavy atom. The van der Waals surface area contributed by atoms with Crippen molar-refractivity contribution in [2.24, 2.45) is 0 Å². The van der Waals surface area contributed by atoms with Gasteiger partial charge in [-0.3, -0.25) is 9.59 Å². The zero-order chi connectivity index (χ0) is 23.5. The molecule has 0 spiro atoms. The molecule has 1 aliphatic heterocycles. The number of hydrogen-bond acceptors (Lipinski definition) is 7. The van der Waals surface area contributed by atoms with Crippen LogP contribution in [0.1, 0.15) is 29.0 Å². The molecule has 2 amide bonds. The third-order valence-electron chi connectivity index (χ3n) is 5.09. The summed E-state index contributed by atoms with van der Waals surface area (Å²) < 4.78 is 36.2. The average molecular weight is 464 g/mol. The predicted octanol–water partition coefficient (Wildman–Crippen LogP) is 1.62. The summed E-state index contributed by atoms with van der Waals surface area (Å²) in [4.78, 5) is 38.7. The number of benzene rings is 1. The van der Waals surface area contributed by atoms with E-state index in [1.807, 2.05) is 0 Å². The quantitative estimate of drug-likeness (QED) is 0.619. The number of esters is 1. The first-order valence-electron chi connectivity index (χ1n) is 9.95. The van der Waals surface area contributed by atoms with Crippen LogP contribution in [0, 0.1) is 6.92 Å². The minimum absolute atomic E-state index is 0.0651. The largest absolute Gasteiger partial charge is 0.459 e. The van der Waals surface area contributed by atoms with Crippen molar-refractivity contribution in [3.8, 4) is 0 Å². The summed E-state index contributed by atoms with van der Waals surface area (Å²) in [6.07, 6.45) is 2.43. The van der Waals surface area contributed by atoms with Gasteiger partial charge in [0.1, 0.15) is 6.04 Å². The van der Waals surface area contributed by atoms with Crippen LogP contribution in [0.3, 0.4) is 0 Å². The Morgan fingerprint density at radius 2 is 2.00 bits per heavy atom. The lowest BCUT2D eigenvalue weighted by Gasteiger charge is -2.22. The van der Waals surface area contributed by atoms with Gasteiger partial charge in [-0.05, 0) is 49.6 Å². The van der Waals surface area contributed by atoms with Crippen molar-refractivity contribution in [1.82, 2.24) is 9.21 Å². The fraction of sp³-hybridized carbons (Fsp3) is 0.381. The van der Waals surface area contributed by atoms with Crippen LogP contribution in [-0.4, -0.2) is 68.7 Å². The Balaban J connectivity index is 1.60. The molecule has 1 fully saturated rings. The molecule has 32 heavy (non-hydrogen) atoms. The van der Waals surface area contributed by atoms with Gasteiger partial charge in [-0.15, -0.1) is 0 Å². The number of likely N-dealkylation sites (tertiary alicyclic amines) is 1. The number of rotatable bonds is 7. The van der Waals surface area contributed by atoms with E-state index in [2.05, 4.69) is 5.32 Å². The molecule has 10 nitrogen and oxygen atoms in total. The molecule has 2 aromatic rings. The van der Waals surface area contributed by atoms with Crippen LogP contribution in [0.25, 0.3) is 0 Å². The number of carbonyl (C=O) groups is 3. The molecule has 0 saturated carbocycles. The molecule has 11 heteroatoms. The Labute approximate surface area is 186 Å². The predicted molar refractivity (Wildman–Crippen MR) is 114 cm³/mol. The lowest BCUT2D eigenvalue weighted by Crippen LogP contribution is -2.42. The lowest BCUT2D eigenvalue weighted by atomic mass is 10.2. The number of nitrogens with one attached hydrogen (secondary N) is 1. The van der Waals surface area contributed by atoms with E-state index in [9.17, 15) is 22.8 Å². The van der Waals surface area contributed by atoms with E-state index in [1.54, 1.807) is 25.1 Å². The smallest absolute Gasteiger partial charge is 0.329 e. The molecular formula is C21H25N3O7S. The Bertz CT molecular complexity index is 1110. The van der Waals surface area contributed by atoms with Gasteiger partial charge >= 0.3 is 5.97 Å². The number of amides is 2. The van der Waals surface area contributed by atoms with Gasteiger partial charge in [-0.1, -0.05) is 6.07 Å². The van der Waals surface area contributed by atoms with Crippen LogP contribution in [-0.2, 0) is 24.3 Å². The maximum atomic E-state index is 12.5. The minimum atomic E-state index is -3.68. The minimum Gasteiger partial charge on any atom is -0.459 e. The molecule has 0 aliphatic carbocycles. The summed E-state index contributed by atoms with van der Waals surface area (Å²) in [7, 11) is -0.846. The highest BCUT2D eigenvalue weighted by molar-refractivity contribution is 7.89. The van der Waals surface area contributed by atoms with E-state index in [-0.39, 0.29) is 16.3 Å². The molecule has 172 valence electrons. The number of carbonyl (C=O) groups excluding carboxylic acids is 3. The molecule has 1 aliphatic rings. The number of sulfonamides is 1. The van der Waals surface area contributed by atoms with E-state index in [0.29, 0.717) is 24.9 Å². The van der Waals surface area contributed by atoms with Crippen molar-refractivity contribution in [3.05, 3.63) is 47.9 Å². The summed E-state index contributed by atoms with van der Waals surface area (Å²) in [6, 6.07) is 6.80. The monoisotopic (exact) mass is 463 g/mol. The molecule has 1 saturated heterocycles. The van der Waals surface area contributed by atoms with Gasteiger partial charge in [0, 0.05) is 26.3 Å². The molecule has 0 bridgehead atoms. The number of anilines is 1. The summed E-state index contributed by atoms with van der Waals surface area (Å²) in [5.41, 5.74) is 0.790. The second kappa shape index (κ2) is 9.53. The normalized spacial score (nSPS) is 16.2. The Morgan fingerprint density at radius 1 is 1.25 bits per heavy atom. The van der Waals surface area contributed by atoms with Gasteiger partial charge < -0.3 is 19.4 Å². The van der Waals surface area contributed by atoms with E-state index >= 15 is 0 Å². The molecule has 3 rings (SSSR count). The van der Waals surface area contributed by atoms with Gasteiger partial charge in [0.25, 0.3) is 11.8 Å². The second-order valence-corrected chi connectivity index (χ2v) is 9.68. The topological polar surface area (TPSA) is 126 Å². The van der Waals surface area contributed by atoms with Crippen molar-refractivity contribution >= 4 is 33.5 Å². The zero-order valence-electron chi connectivity index (χ0n) is 18.0. The van der Waals surface area contributed by atoms with Crippen LogP contribution >= 0.6 is 0 Å². The SMILES string of the molecule is Cc1ccc(NC(=O)COC(=O)[C@@H]2CCCN2C(=O)c2ccco2)cc1S(=O)(=O)N(C)C. The maximum Gasteiger partial charge on any atom is 0.329 e. The third kappa shape index (κ3) is 5.00. The van der Waals surface area contributed by atoms with Crippen LogP contribution in [0.15, 0.2) is 45.9 Å². The molecule has 1 atom stereocenters. The van der Waals surface area contributed by atoms with E-state index in [4.69, 9.17) is 9.15 Å². The number of hydrogen-bond donors (Lipinski definition) is 1. The molecule has 2 heterocycles. The van der Waals surface area contributed by atoms with Gasteiger partial charge in [0.05, 0.1) is 11.2 Å². The average Bonchev–Trinajstić information content (AvgIpc) is 3.45. The standard InChI is InChI=1S/C21H25N3O7S/c1-14-8-9-15(12-18(14)32(28,29)23(2)3)22-19(25)13-31-21(27)16-6-4-10-24(16)20(26)17-7-5-11-30-17/h5,7-9,11-12,16H,4,6,10,13H2,1-3H3,(H,22,25)/t16-/m0/s1. The second-order valence-electron chi connectivity index (χ2n) is 7.56. The third-order valence-corrected chi connectivity index (χ3v) is 7.05. The Hall–Kier alpha value is -3.18. The van der Waals surface area contributed by atoms with Crippen molar-refractivity contribution in [2.75, 3.05) is 32.6 Å². The number of aryl methyl sites for hydroxylation is 1. The summed E-state index contributed by atoms with van der Waals surface area (Å²) in [5.74, 6) is -1.59. The van der Waals surface area contributed by atoms with Crippen LogP contribution in [0.4, 0.5) is 5.69 Å². The Kier molecular flexibility index (Phi) is 6.99. The van der Waals surface area contributed by atoms with Crippen LogP contribution in [0.2, 0.25) is 0 Å². The van der Waals surface area contributed by atoms with Gasteiger partial charge in [-0.25, -0.2) is 17.5 Å². The molecule has 1 N–H and O–H groups in total. The molecule has 1 aromatic carbocycles. The van der Waals surface area contributed by atoms with Crippen molar-refractivity contribution in [3.63, 3.8) is 0 Å². The van der Waals surface area contributed by atoms with E-state index < -0.39 is 40.5 Å². The molecule has 0 unspecified atom stereocenters. The number of ether oxygens (including phenoxy) is 1. The fourth-order valence-electron chi connectivity index (χ4n) is 3.38. The van der Waals surface area contributed by atoms with Gasteiger partial charge in [-0.2, -0.15) is 0 Å². The molecular weight excluding hydrogens is 438 g/mol. The van der Waals surface area contributed by atoms with Crippen LogP contribution < -0.4 is 5.32 Å². The lowest BCUT2D eigenvalue weighted by molar-refractivity contribution is -0.151. The van der Waals surface area contributed by atoms with Crippen molar-refractivity contribution in [2.45, 2.75) is 30.7 Å². The molecule has 0 radical (unpaired) electrons. The number of nitrogens with zero attached hydrogens (tertiary/aromatic N) is 2. The van der Waals surface area contributed by atoms with Gasteiger partial charge in [0.15, 0.2) is 12.4 Å². The first-order valence-corrected chi connectivity index (χ1v) is 11.4. The van der Waals surface area contributed by atoms with Gasteiger partial charge in [0.2, 0.25) is 10.0 Å². The zero-order valence-corrected chi connectivity index (χ0v) is 18.8. The molecule has 1 aromatic heterocycles. The van der Waals surface area contributed by atoms with Crippen molar-refractivity contribution < 1.29 is 32.0 Å². The van der Waals surface area contributed by atoms with Crippen LogP contribution in [0.5, 0.6) is 0 Å². The maximum absolute atomic E-state index is 12.5. The summed E-state index contributed by atoms with van der Waals surface area (Å²) >= 11 is 0. The highest BCUT2D eigenvalue weighted by atomic mass is 32.2. The first kappa shape index (κ1) is 23.5. The van der Waals surface area contributed by atoms with Crippen molar-refractivity contribution in [1.29, 1.82) is 0 Å². The highest BCUT2D eigenvalue weighted by Crippen LogP contribution is 2.23. The first-order chi connectivity index (χ1) is 15.1. The van der Waals surface area contributed by atoms with E-state index in [1.165, 1.54) is 37.4 Å². The fourth-order valence-corrected chi connectivity index (χ4v) is 4.52.